The van der Waals surface area contributed by atoms with Gasteiger partial charge in [-0.1, -0.05) is 24.3 Å². The lowest BCUT2D eigenvalue weighted by Gasteiger charge is -2.15. The van der Waals surface area contributed by atoms with Gasteiger partial charge in [0.2, 0.25) is 0 Å². The summed E-state index contributed by atoms with van der Waals surface area (Å²) in [7, 11) is 1.37. The summed E-state index contributed by atoms with van der Waals surface area (Å²) in [6.07, 6.45) is 0.763. The second kappa shape index (κ2) is 6.93. The summed E-state index contributed by atoms with van der Waals surface area (Å²) in [5.41, 5.74) is 3.81. The Labute approximate surface area is 145 Å². The molecule has 0 heterocycles. The minimum Gasteiger partial charge on any atom is -0.508 e. The minimum atomic E-state index is -0.305. The zero-order valence-corrected chi connectivity index (χ0v) is 14.2. The summed E-state index contributed by atoms with van der Waals surface area (Å²) in [5.74, 6) is -0.393. The Morgan fingerprint density at radius 1 is 1.12 bits per heavy atom. The topological polar surface area (TPSA) is 46.5 Å². The van der Waals surface area contributed by atoms with Crippen LogP contribution in [0.15, 0.2) is 48.5 Å². The quantitative estimate of drug-likeness (QED) is 0.722. The lowest BCUT2D eigenvalue weighted by molar-refractivity contribution is -0.139. The van der Waals surface area contributed by atoms with E-state index in [1.807, 2.05) is 25.1 Å². The van der Waals surface area contributed by atoms with Crippen LogP contribution < -0.4 is 0 Å². The van der Waals surface area contributed by atoms with Crippen molar-refractivity contribution in [2.75, 3.05) is 7.11 Å². The molecule has 0 amide bonds. The Balaban J connectivity index is 2.15. The van der Waals surface area contributed by atoms with Crippen molar-refractivity contribution in [2.45, 2.75) is 19.8 Å². The molecule has 0 bridgehead atoms. The number of esters is 1. The molecule has 4 heteroatoms. The Bertz CT molecular complexity index is 930. The van der Waals surface area contributed by atoms with Gasteiger partial charge in [-0.3, -0.25) is 4.79 Å². The Morgan fingerprint density at radius 3 is 2.52 bits per heavy atom. The summed E-state index contributed by atoms with van der Waals surface area (Å²) in [4.78, 5) is 11.7. The van der Waals surface area contributed by atoms with Crippen molar-refractivity contribution < 1.29 is 19.0 Å². The number of benzene rings is 3. The van der Waals surface area contributed by atoms with E-state index in [0.29, 0.717) is 6.42 Å². The third kappa shape index (κ3) is 3.63. The van der Waals surface area contributed by atoms with Crippen LogP contribution >= 0.6 is 0 Å². The molecule has 0 aromatic heterocycles. The average molecular weight is 338 g/mol. The van der Waals surface area contributed by atoms with Gasteiger partial charge in [0.25, 0.3) is 0 Å². The number of fused-ring (bicyclic) bond motifs is 1. The van der Waals surface area contributed by atoms with Gasteiger partial charge >= 0.3 is 5.97 Å². The highest BCUT2D eigenvalue weighted by molar-refractivity contribution is 5.89. The fourth-order valence-corrected chi connectivity index (χ4v) is 3.06. The number of halogens is 1. The number of phenols is 1. The molecule has 128 valence electrons. The molecule has 0 spiro atoms. The molecule has 0 aliphatic rings. The maximum absolute atomic E-state index is 13.8. The van der Waals surface area contributed by atoms with E-state index in [1.165, 1.54) is 19.2 Å². The number of phenolic OH excluding ortho intramolecular Hbond substituents is 1. The highest BCUT2D eigenvalue weighted by atomic mass is 19.1. The second-order valence-electron chi connectivity index (χ2n) is 6.10. The molecule has 0 saturated carbocycles. The summed E-state index contributed by atoms with van der Waals surface area (Å²) in [5, 5.41) is 11.2. The standard InChI is InChI=1S/C21H19FO3/c1-13-16(11-21(24)25-2)10-15-5-6-17(22)12-20(15)19(13)9-14-3-7-18(23)8-4-14/h3-8,10,12,23H,9,11H2,1-2H3. The van der Waals surface area contributed by atoms with Crippen molar-refractivity contribution in [1.29, 1.82) is 0 Å². The molecule has 3 aromatic carbocycles. The van der Waals surface area contributed by atoms with Crippen molar-refractivity contribution in [3.8, 4) is 5.75 Å². The van der Waals surface area contributed by atoms with Crippen LogP contribution in [-0.4, -0.2) is 18.2 Å². The number of rotatable bonds is 4. The van der Waals surface area contributed by atoms with Crippen molar-refractivity contribution in [3.63, 3.8) is 0 Å². The molecule has 0 aliphatic heterocycles. The first-order valence-electron chi connectivity index (χ1n) is 8.03. The Hall–Kier alpha value is -2.88. The Morgan fingerprint density at radius 2 is 1.84 bits per heavy atom. The normalized spacial score (nSPS) is 10.8. The third-order valence-electron chi connectivity index (χ3n) is 4.48. The molecule has 3 nitrogen and oxygen atoms in total. The summed E-state index contributed by atoms with van der Waals surface area (Å²) >= 11 is 0. The zero-order chi connectivity index (χ0) is 18.0. The van der Waals surface area contributed by atoms with Crippen LogP contribution in [0.5, 0.6) is 5.75 Å². The van der Waals surface area contributed by atoms with Gasteiger partial charge in [-0.05, 0) is 70.6 Å². The van der Waals surface area contributed by atoms with Gasteiger partial charge in [0.05, 0.1) is 13.5 Å². The largest absolute Gasteiger partial charge is 0.508 e. The van der Waals surface area contributed by atoms with Gasteiger partial charge in [-0.15, -0.1) is 0 Å². The highest BCUT2D eigenvalue weighted by Crippen LogP contribution is 2.29. The first kappa shape index (κ1) is 17.0. The minimum absolute atomic E-state index is 0.179. The van der Waals surface area contributed by atoms with Crippen LogP contribution in [0.3, 0.4) is 0 Å². The van der Waals surface area contributed by atoms with Gasteiger partial charge in [0.1, 0.15) is 11.6 Å². The van der Waals surface area contributed by atoms with Gasteiger partial charge in [-0.2, -0.15) is 0 Å². The summed E-state index contributed by atoms with van der Waals surface area (Å²) < 4.78 is 18.6. The number of aromatic hydroxyl groups is 1. The SMILES string of the molecule is COC(=O)Cc1cc2ccc(F)cc2c(Cc2ccc(O)cc2)c1C. The number of hydrogen-bond acceptors (Lipinski definition) is 3. The fraction of sp³-hybridized carbons (Fsp3) is 0.190. The van der Waals surface area contributed by atoms with Crippen molar-refractivity contribution >= 4 is 16.7 Å². The van der Waals surface area contributed by atoms with E-state index in [0.717, 1.165) is 33.0 Å². The smallest absolute Gasteiger partial charge is 0.309 e. The van der Waals surface area contributed by atoms with E-state index in [2.05, 4.69) is 0 Å². The van der Waals surface area contributed by atoms with Gasteiger partial charge in [0, 0.05) is 0 Å². The molecule has 3 aromatic rings. The van der Waals surface area contributed by atoms with Gasteiger partial charge in [-0.25, -0.2) is 4.39 Å². The second-order valence-corrected chi connectivity index (χ2v) is 6.10. The van der Waals surface area contributed by atoms with Crippen molar-refractivity contribution in [2.24, 2.45) is 0 Å². The molecule has 0 aliphatic carbocycles. The maximum atomic E-state index is 13.8. The van der Waals surface area contributed by atoms with E-state index in [1.54, 1.807) is 18.2 Å². The van der Waals surface area contributed by atoms with Crippen LogP contribution in [-0.2, 0) is 22.4 Å². The molecule has 0 radical (unpaired) electrons. The van der Waals surface area contributed by atoms with E-state index < -0.39 is 0 Å². The predicted molar refractivity (Wildman–Crippen MR) is 95.3 cm³/mol. The van der Waals surface area contributed by atoms with Gasteiger partial charge < -0.3 is 9.84 Å². The van der Waals surface area contributed by atoms with E-state index >= 15 is 0 Å². The molecule has 1 N–H and O–H groups in total. The molecule has 0 saturated heterocycles. The van der Waals surface area contributed by atoms with Crippen molar-refractivity contribution in [1.82, 2.24) is 0 Å². The third-order valence-corrected chi connectivity index (χ3v) is 4.48. The number of carbonyl (C=O) groups excluding carboxylic acids is 1. The van der Waals surface area contributed by atoms with Crippen molar-refractivity contribution in [3.05, 3.63) is 76.6 Å². The number of ether oxygens (including phenoxy) is 1. The maximum Gasteiger partial charge on any atom is 0.309 e. The molecular weight excluding hydrogens is 319 g/mol. The monoisotopic (exact) mass is 338 g/mol. The highest BCUT2D eigenvalue weighted by Gasteiger charge is 2.14. The lowest BCUT2D eigenvalue weighted by Crippen LogP contribution is -2.08. The van der Waals surface area contributed by atoms with E-state index in [4.69, 9.17) is 4.74 Å². The van der Waals surface area contributed by atoms with Crippen LogP contribution in [0.4, 0.5) is 4.39 Å². The predicted octanol–water partition coefficient (Wildman–Crippen LogP) is 4.30. The summed E-state index contributed by atoms with van der Waals surface area (Å²) in [6.45, 7) is 1.94. The zero-order valence-electron chi connectivity index (χ0n) is 14.2. The average Bonchev–Trinajstić information content (AvgIpc) is 2.60. The molecular formula is C21H19FO3. The number of hydrogen-bond donors (Lipinski definition) is 1. The molecule has 0 atom stereocenters. The first-order valence-corrected chi connectivity index (χ1v) is 8.03. The van der Waals surface area contributed by atoms with Gasteiger partial charge in [0.15, 0.2) is 0 Å². The number of methoxy groups -OCH3 is 1. The van der Waals surface area contributed by atoms with Crippen LogP contribution in [0, 0.1) is 12.7 Å². The van der Waals surface area contributed by atoms with Crippen LogP contribution in [0.25, 0.3) is 10.8 Å². The van der Waals surface area contributed by atoms with Crippen LogP contribution in [0.2, 0.25) is 0 Å². The molecule has 0 fully saturated rings. The molecule has 0 unspecified atom stereocenters. The van der Waals surface area contributed by atoms with E-state index in [9.17, 15) is 14.3 Å². The lowest BCUT2D eigenvalue weighted by atomic mass is 9.90. The fourth-order valence-electron chi connectivity index (χ4n) is 3.06. The van der Waals surface area contributed by atoms with E-state index in [-0.39, 0.29) is 24.0 Å². The number of carbonyl (C=O) groups is 1. The molecule has 25 heavy (non-hydrogen) atoms. The first-order chi connectivity index (χ1) is 12.0. The summed E-state index contributed by atoms with van der Waals surface area (Å²) in [6, 6.07) is 13.5. The molecule has 3 rings (SSSR count). The van der Waals surface area contributed by atoms with Crippen LogP contribution in [0.1, 0.15) is 22.3 Å². The Kier molecular flexibility index (Phi) is 4.70.